The molecule has 1 N–H and O–H groups in total. The van der Waals surface area contributed by atoms with Gasteiger partial charge in [-0.1, -0.05) is 17.7 Å². The average Bonchev–Trinajstić information content (AvgIpc) is 2.09. The molecule has 0 fully saturated rings. The zero-order valence-electron chi connectivity index (χ0n) is 8.14. The second-order valence-corrected chi connectivity index (χ2v) is 3.66. The van der Waals surface area contributed by atoms with E-state index in [0.717, 1.165) is 5.56 Å². The molecule has 0 aromatic heterocycles. The smallest absolute Gasteiger partial charge is 0.124 e. The van der Waals surface area contributed by atoms with Crippen LogP contribution >= 0.6 is 11.6 Å². The van der Waals surface area contributed by atoms with Gasteiger partial charge in [0, 0.05) is 25.5 Å². The molecule has 1 aromatic carbocycles. The van der Waals surface area contributed by atoms with E-state index in [0.29, 0.717) is 17.3 Å². The van der Waals surface area contributed by atoms with Crippen molar-refractivity contribution in [2.75, 3.05) is 14.1 Å². The number of likely N-dealkylation sites (N-methyl/N-ethyl adjacent to an activating group) is 1. The highest BCUT2D eigenvalue weighted by Gasteiger charge is 2.06. The van der Waals surface area contributed by atoms with Crippen LogP contribution in [0.25, 0.3) is 0 Å². The van der Waals surface area contributed by atoms with E-state index in [1.54, 1.807) is 25.1 Å². The highest BCUT2D eigenvalue weighted by Crippen LogP contribution is 2.18. The standard InChI is InChI=1S/C10H12ClFN2/c1-14(2)10(13)5-7-3-4-8(12)6-9(7)11/h3-4,6,13H,5H2,1-2H3. The van der Waals surface area contributed by atoms with Crippen LogP contribution in [0.15, 0.2) is 18.2 Å². The predicted octanol–water partition coefficient (Wildman–Crippen LogP) is 2.56. The van der Waals surface area contributed by atoms with Gasteiger partial charge in [-0.05, 0) is 17.7 Å². The maximum absolute atomic E-state index is 12.7. The Hall–Kier alpha value is -1.09. The molecule has 0 bridgehead atoms. The number of nitrogens with zero attached hydrogens (tertiary/aromatic N) is 1. The average molecular weight is 215 g/mol. The number of hydrogen-bond acceptors (Lipinski definition) is 1. The lowest BCUT2D eigenvalue weighted by molar-refractivity contribution is 0.604. The van der Waals surface area contributed by atoms with Crippen molar-refractivity contribution < 1.29 is 4.39 Å². The van der Waals surface area contributed by atoms with Gasteiger partial charge < -0.3 is 4.90 Å². The second kappa shape index (κ2) is 4.42. The van der Waals surface area contributed by atoms with E-state index in [-0.39, 0.29) is 5.82 Å². The molecule has 2 nitrogen and oxygen atoms in total. The van der Waals surface area contributed by atoms with Crippen molar-refractivity contribution in [2.24, 2.45) is 0 Å². The molecule has 0 heterocycles. The van der Waals surface area contributed by atoms with Crippen molar-refractivity contribution in [3.63, 3.8) is 0 Å². The third-order valence-corrected chi connectivity index (χ3v) is 2.26. The van der Waals surface area contributed by atoms with Gasteiger partial charge >= 0.3 is 0 Å². The van der Waals surface area contributed by atoms with Crippen LogP contribution in [0.2, 0.25) is 5.02 Å². The van der Waals surface area contributed by atoms with Crippen LogP contribution in [0.5, 0.6) is 0 Å². The van der Waals surface area contributed by atoms with Gasteiger partial charge in [-0.2, -0.15) is 0 Å². The molecule has 0 atom stereocenters. The van der Waals surface area contributed by atoms with E-state index in [1.807, 2.05) is 0 Å². The molecule has 0 saturated heterocycles. The Bertz CT molecular complexity index is 350. The second-order valence-electron chi connectivity index (χ2n) is 3.25. The summed E-state index contributed by atoms with van der Waals surface area (Å²) < 4.78 is 12.7. The molecular weight excluding hydrogens is 203 g/mol. The molecule has 1 aromatic rings. The molecule has 0 saturated carbocycles. The number of nitrogens with one attached hydrogen (secondary N) is 1. The van der Waals surface area contributed by atoms with Crippen LogP contribution in [0.3, 0.4) is 0 Å². The third kappa shape index (κ3) is 2.70. The van der Waals surface area contributed by atoms with E-state index in [9.17, 15) is 4.39 Å². The van der Waals surface area contributed by atoms with E-state index in [2.05, 4.69) is 0 Å². The monoisotopic (exact) mass is 214 g/mol. The van der Waals surface area contributed by atoms with Gasteiger partial charge in [0.1, 0.15) is 5.82 Å². The summed E-state index contributed by atoms with van der Waals surface area (Å²) in [5.41, 5.74) is 0.770. The Kier molecular flexibility index (Phi) is 3.47. The Morgan fingerprint density at radius 3 is 2.64 bits per heavy atom. The highest BCUT2D eigenvalue weighted by atomic mass is 35.5. The molecule has 76 valence electrons. The minimum atomic E-state index is -0.352. The topological polar surface area (TPSA) is 27.1 Å². The molecule has 0 radical (unpaired) electrons. The Labute approximate surface area is 87.8 Å². The molecule has 0 aliphatic heterocycles. The number of benzene rings is 1. The molecular formula is C10H12ClFN2. The number of hydrogen-bond donors (Lipinski definition) is 1. The molecule has 0 unspecified atom stereocenters. The predicted molar refractivity (Wildman–Crippen MR) is 56.5 cm³/mol. The summed E-state index contributed by atoms with van der Waals surface area (Å²) in [6.45, 7) is 0. The molecule has 0 spiro atoms. The van der Waals surface area contributed by atoms with Gasteiger partial charge in [-0.25, -0.2) is 4.39 Å². The van der Waals surface area contributed by atoms with Gasteiger partial charge in [0.05, 0.1) is 5.84 Å². The molecule has 0 aliphatic rings. The van der Waals surface area contributed by atoms with E-state index >= 15 is 0 Å². The SMILES string of the molecule is CN(C)C(=N)Cc1ccc(F)cc1Cl. The summed E-state index contributed by atoms with van der Waals surface area (Å²) >= 11 is 5.82. The van der Waals surface area contributed by atoms with Crippen molar-refractivity contribution in [1.82, 2.24) is 4.90 Å². The summed E-state index contributed by atoms with van der Waals surface area (Å²) in [7, 11) is 3.58. The Balaban J connectivity index is 2.82. The summed E-state index contributed by atoms with van der Waals surface area (Å²) in [6, 6.07) is 4.22. The lowest BCUT2D eigenvalue weighted by atomic mass is 10.1. The van der Waals surface area contributed by atoms with Crippen LogP contribution in [-0.4, -0.2) is 24.8 Å². The molecule has 4 heteroatoms. The fourth-order valence-electron chi connectivity index (χ4n) is 1.00. The highest BCUT2D eigenvalue weighted by molar-refractivity contribution is 6.31. The Morgan fingerprint density at radius 2 is 2.14 bits per heavy atom. The van der Waals surface area contributed by atoms with E-state index in [1.165, 1.54) is 12.1 Å². The molecule has 0 aliphatic carbocycles. The van der Waals surface area contributed by atoms with Gasteiger partial charge in [0.15, 0.2) is 0 Å². The zero-order valence-corrected chi connectivity index (χ0v) is 8.90. The first kappa shape index (κ1) is 11.0. The van der Waals surface area contributed by atoms with Gasteiger partial charge in [-0.3, -0.25) is 5.41 Å². The molecule has 14 heavy (non-hydrogen) atoms. The third-order valence-electron chi connectivity index (χ3n) is 1.91. The maximum Gasteiger partial charge on any atom is 0.124 e. The largest absolute Gasteiger partial charge is 0.366 e. The zero-order chi connectivity index (χ0) is 10.7. The lowest BCUT2D eigenvalue weighted by Gasteiger charge is -2.14. The van der Waals surface area contributed by atoms with Gasteiger partial charge in [-0.15, -0.1) is 0 Å². The minimum Gasteiger partial charge on any atom is -0.366 e. The first-order chi connectivity index (χ1) is 6.50. The van der Waals surface area contributed by atoms with Gasteiger partial charge in [0.2, 0.25) is 0 Å². The number of halogens is 2. The fourth-order valence-corrected chi connectivity index (χ4v) is 1.24. The van der Waals surface area contributed by atoms with Crippen LogP contribution < -0.4 is 0 Å². The fraction of sp³-hybridized carbons (Fsp3) is 0.300. The lowest BCUT2D eigenvalue weighted by Crippen LogP contribution is -2.22. The van der Waals surface area contributed by atoms with Crippen molar-refractivity contribution in [1.29, 1.82) is 5.41 Å². The van der Waals surface area contributed by atoms with Crippen molar-refractivity contribution in [3.05, 3.63) is 34.6 Å². The van der Waals surface area contributed by atoms with Crippen molar-refractivity contribution in [2.45, 2.75) is 6.42 Å². The first-order valence-corrected chi connectivity index (χ1v) is 4.57. The van der Waals surface area contributed by atoms with Crippen LogP contribution in [0.1, 0.15) is 5.56 Å². The Morgan fingerprint density at radius 1 is 1.50 bits per heavy atom. The van der Waals surface area contributed by atoms with Crippen LogP contribution in [-0.2, 0) is 6.42 Å². The number of amidine groups is 1. The molecule has 1 rings (SSSR count). The van der Waals surface area contributed by atoms with Crippen LogP contribution in [0, 0.1) is 11.2 Å². The van der Waals surface area contributed by atoms with Gasteiger partial charge in [0.25, 0.3) is 0 Å². The maximum atomic E-state index is 12.7. The van der Waals surface area contributed by atoms with E-state index < -0.39 is 0 Å². The summed E-state index contributed by atoms with van der Waals surface area (Å²) in [6.07, 6.45) is 0.423. The number of rotatable bonds is 2. The van der Waals surface area contributed by atoms with Crippen molar-refractivity contribution >= 4 is 17.4 Å². The van der Waals surface area contributed by atoms with Crippen molar-refractivity contribution in [3.8, 4) is 0 Å². The normalized spacial score (nSPS) is 10.0. The quantitative estimate of drug-likeness (QED) is 0.595. The van der Waals surface area contributed by atoms with E-state index in [4.69, 9.17) is 17.0 Å². The summed E-state index contributed by atoms with van der Waals surface area (Å²) in [5.74, 6) is 0.0913. The van der Waals surface area contributed by atoms with Crippen LogP contribution in [0.4, 0.5) is 4.39 Å². The molecule has 0 amide bonds. The minimum absolute atomic E-state index is 0.352. The summed E-state index contributed by atoms with van der Waals surface area (Å²) in [4.78, 5) is 1.69. The summed E-state index contributed by atoms with van der Waals surface area (Å²) in [5, 5.41) is 7.98. The first-order valence-electron chi connectivity index (χ1n) is 4.19.